The van der Waals surface area contributed by atoms with Crippen LogP contribution in [0.15, 0.2) is 18.2 Å². The third-order valence-electron chi connectivity index (χ3n) is 3.93. The summed E-state index contributed by atoms with van der Waals surface area (Å²) in [7, 11) is 1.33. The standard InChI is InChI=1S/C15H16O4/c1-18-14(17)15(6-7-15)13(16)11-4-5-12-10(9-11)3-2-8-19-12/h4-5,9H,2-3,6-8H2,1H3. The third kappa shape index (κ3) is 1.91. The van der Waals surface area contributed by atoms with Gasteiger partial charge in [-0.3, -0.25) is 9.59 Å². The summed E-state index contributed by atoms with van der Waals surface area (Å²) in [5.74, 6) is 0.324. The van der Waals surface area contributed by atoms with E-state index in [4.69, 9.17) is 9.47 Å². The van der Waals surface area contributed by atoms with Gasteiger partial charge in [0.2, 0.25) is 0 Å². The Bertz CT molecular complexity index is 543. The SMILES string of the molecule is COC(=O)C1(C(=O)c2ccc3c(c2)CCCO3)CC1. The molecule has 1 aromatic rings. The van der Waals surface area contributed by atoms with Crippen LogP contribution in [0.25, 0.3) is 0 Å². The number of benzene rings is 1. The van der Waals surface area contributed by atoms with E-state index in [0.717, 1.165) is 30.8 Å². The van der Waals surface area contributed by atoms with Crippen LogP contribution in [0.3, 0.4) is 0 Å². The van der Waals surface area contributed by atoms with Crippen molar-refractivity contribution in [1.29, 1.82) is 0 Å². The Labute approximate surface area is 111 Å². The average Bonchev–Trinajstić information content (AvgIpc) is 3.26. The Morgan fingerprint density at radius 2 is 2.11 bits per heavy atom. The first-order valence-corrected chi connectivity index (χ1v) is 6.56. The summed E-state index contributed by atoms with van der Waals surface area (Å²) in [6.45, 7) is 0.729. The third-order valence-corrected chi connectivity index (χ3v) is 3.93. The molecule has 0 aromatic heterocycles. The van der Waals surface area contributed by atoms with Crippen molar-refractivity contribution in [2.45, 2.75) is 25.7 Å². The van der Waals surface area contributed by atoms with Crippen molar-refractivity contribution in [3.05, 3.63) is 29.3 Å². The first kappa shape index (κ1) is 12.2. The molecule has 19 heavy (non-hydrogen) atoms. The van der Waals surface area contributed by atoms with Crippen LogP contribution in [-0.2, 0) is 16.0 Å². The highest BCUT2D eigenvalue weighted by Crippen LogP contribution is 2.49. The monoisotopic (exact) mass is 260 g/mol. The summed E-state index contributed by atoms with van der Waals surface area (Å²) in [5.41, 5.74) is 0.725. The van der Waals surface area contributed by atoms with E-state index in [1.54, 1.807) is 6.07 Å². The molecule has 1 heterocycles. The lowest BCUT2D eigenvalue weighted by molar-refractivity contribution is -0.145. The van der Waals surface area contributed by atoms with Gasteiger partial charge in [0, 0.05) is 5.56 Å². The van der Waals surface area contributed by atoms with Gasteiger partial charge in [-0.2, -0.15) is 0 Å². The van der Waals surface area contributed by atoms with Crippen molar-refractivity contribution >= 4 is 11.8 Å². The number of esters is 1. The van der Waals surface area contributed by atoms with Gasteiger partial charge in [-0.25, -0.2) is 0 Å². The minimum atomic E-state index is -0.918. The molecule has 0 atom stereocenters. The maximum atomic E-state index is 12.5. The van der Waals surface area contributed by atoms with Crippen LogP contribution in [0.2, 0.25) is 0 Å². The number of ketones is 1. The molecule has 1 aliphatic carbocycles. The Morgan fingerprint density at radius 1 is 1.32 bits per heavy atom. The fraction of sp³-hybridized carbons (Fsp3) is 0.467. The zero-order chi connectivity index (χ0) is 13.5. The average molecular weight is 260 g/mol. The first-order valence-electron chi connectivity index (χ1n) is 6.56. The van der Waals surface area contributed by atoms with Crippen molar-refractivity contribution < 1.29 is 19.1 Å². The molecule has 0 saturated heterocycles. The van der Waals surface area contributed by atoms with Gasteiger partial charge in [0.05, 0.1) is 13.7 Å². The highest BCUT2D eigenvalue weighted by Gasteiger charge is 2.57. The molecule has 1 fully saturated rings. The summed E-state index contributed by atoms with van der Waals surface area (Å²) in [5, 5.41) is 0. The van der Waals surface area contributed by atoms with Gasteiger partial charge >= 0.3 is 5.97 Å². The van der Waals surface area contributed by atoms with Crippen LogP contribution in [0.4, 0.5) is 0 Å². The van der Waals surface area contributed by atoms with Crippen LogP contribution in [0.1, 0.15) is 35.2 Å². The van der Waals surface area contributed by atoms with E-state index in [1.807, 2.05) is 12.1 Å². The quantitative estimate of drug-likeness (QED) is 0.474. The van der Waals surface area contributed by atoms with Crippen LogP contribution in [0, 0.1) is 5.41 Å². The van der Waals surface area contributed by atoms with Crippen LogP contribution >= 0.6 is 0 Å². The fourth-order valence-corrected chi connectivity index (χ4v) is 2.62. The summed E-state index contributed by atoms with van der Waals surface area (Å²) >= 11 is 0. The molecule has 1 saturated carbocycles. The van der Waals surface area contributed by atoms with E-state index in [9.17, 15) is 9.59 Å². The van der Waals surface area contributed by atoms with Gasteiger partial charge in [-0.05, 0) is 49.4 Å². The van der Waals surface area contributed by atoms with Gasteiger partial charge in [0.15, 0.2) is 5.78 Å². The molecule has 3 rings (SSSR count). The van der Waals surface area contributed by atoms with E-state index in [0.29, 0.717) is 18.4 Å². The zero-order valence-corrected chi connectivity index (χ0v) is 10.9. The number of aryl methyl sites for hydroxylation is 1. The molecule has 4 heteroatoms. The molecule has 2 aliphatic rings. The largest absolute Gasteiger partial charge is 0.493 e. The maximum Gasteiger partial charge on any atom is 0.319 e. The lowest BCUT2D eigenvalue weighted by Gasteiger charge is -2.18. The lowest BCUT2D eigenvalue weighted by Crippen LogP contribution is -2.27. The van der Waals surface area contributed by atoms with Gasteiger partial charge in [-0.1, -0.05) is 0 Å². The van der Waals surface area contributed by atoms with Crippen molar-refractivity contribution in [2.24, 2.45) is 5.41 Å². The zero-order valence-electron chi connectivity index (χ0n) is 10.9. The minimum Gasteiger partial charge on any atom is -0.493 e. The Kier molecular flexibility index (Phi) is 2.81. The van der Waals surface area contributed by atoms with Crippen LogP contribution in [0.5, 0.6) is 5.75 Å². The maximum absolute atomic E-state index is 12.5. The van der Waals surface area contributed by atoms with Crippen molar-refractivity contribution in [3.63, 3.8) is 0 Å². The molecule has 0 N–H and O–H groups in total. The normalized spacial score (nSPS) is 19.0. The van der Waals surface area contributed by atoms with Gasteiger partial charge in [-0.15, -0.1) is 0 Å². The Balaban J connectivity index is 1.90. The number of methoxy groups -OCH3 is 1. The van der Waals surface area contributed by atoms with E-state index < -0.39 is 11.4 Å². The molecule has 1 aliphatic heterocycles. The first-order chi connectivity index (χ1) is 9.17. The second kappa shape index (κ2) is 4.37. The second-order valence-corrected chi connectivity index (χ2v) is 5.18. The number of ether oxygens (including phenoxy) is 2. The van der Waals surface area contributed by atoms with Crippen LogP contribution < -0.4 is 4.74 Å². The Hall–Kier alpha value is -1.84. The molecule has 0 radical (unpaired) electrons. The number of hydrogen-bond donors (Lipinski definition) is 0. The number of hydrogen-bond acceptors (Lipinski definition) is 4. The van der Waals surface area contributed by atoms with Crippen molar-refractivity contribution in [2.75, 3.05) is 13.7 Å². The molecular weight excluding hydrogens is 244 g/mol. The smallest absolute Gasteiger partial charge is 0.319 e. The number of rotatable bonds is 3. The van der Waals surface area contributed by atoms with Crippen molar-refractivity contribution in [1.82, 2.24) is 0 Å². The Morgan fingerprint density at radius 3 is 2.79 bits per heavy atom. The molecule has 1 aromatic carbocycles. The predicted molar refractivity (Wildman–Crippen MR) is 68.3 cm³/mol. The minimum absolute atomic E-state index is 0.118. The van der Waals surface area contributed by atoms with Gasteiger partial charge in [0.1, 0.15) is 11.2 Å². The summed E-state index contributed by atoms with van der Waals surface area (Å²) in [6.07, 6.45) is 3.06. The molecule has 0 bridgehead atoms. The summed E-state index contributed by atoms with van der Waals surface area (Å²) < 4.78 is 10.3. The number of carbonyl (C=O) groups is 2. The molecule has 0 spiro atoms. The number of carbonyl (C=O) groups excluding carboxylic acids is 2. The van der Waals surface area contributed by atoms with Gasteiger partial charge in [0.25, 0.3) is 0 Å². The van der Waals surface area contributed by atoms with Crippen LogP contribution in [-0.4, -0.2) is 25.5 Å². The summed E-state index contributed by atoms with van der Waals surface area (Å²) in [6, 6.07) is 5.43. The van der Waals surface area contributed by atoms with E-state index in [2.05, 4.69) is 0 Å². The second-order valence-electron chi connectivity index (χ2n) is 5.18. The lowest BCUT2D eigenvalue weighted by atomic mass is 9.92. The highest BCUT2D eigenvalue weighted by molar-refractivity contribution is 6.14. The molecule has 0 unspecified atom stereocenters. The number of fused-ring (bicyclic) bond motifs is 1. The molecule has 4 nitrogen and oxygen atoms in total. The molecule has 100 valence electrons. The number of Topliss-reactive ketones (excluding diaryl/α,β-unsaturated/α-hetero) is 1. The van der Waals surface area contributed by atoms with E-state index in [-0.39, 0.29) is 5.78 Å². The topological polar surface area (TPSA) is 52.6 Å². The predicted octanol–water partition coefficient (Wildman–Crippen LogP) is 2.15. The molecular formula is C15H16O4. The summed E-state index contributed by atoms with van der Waals surface area (Å²) in [4.78, 5) is 24.2. The molecule has 0 amide bonds. The highest BCUT2D eigenvalue weighted by atomic mass is 16.5. The van der Waals surface area contributed by atoms with Crippen molar-refractivity contribution in [3.8, 4) is 5.75 Å². The fourth-order valence-electron chi connectivity index (χ4n) is 2.62. The van der Waals surface area contributed by atoms with E-state index in [1.165, 1.54) is 7.11 Å². The van der Waals surface area contributed by atoms with E-state index >= 15 is 0 Å². The van der Waals surface area contributed by atoms with Gasteiger partial charge < -0.3 is 9.47 Å².